The molecule has 2 N–H and O–H groups in total. The van der Waals surface area contributed by atoms with Crippen LogP contribution in [0.4, 0.5) is 0 Å². The molecule has 14 heteroatoms. The van der Waals surface area contributed by atoms with E-state index in [1.807, 2.05) is 36.4 Å². The summed E-state index contributed by atoms with van der Waals surface area (Å²) in [4.78, 5) is 45.4. The number of benzene rings is 3. The number of rotatable bonds is 3. The number of fused-ring (bicyclic) bond motifs is 10. The minimum atomic E-state index is -2.08. The molecule has 6 heterocycles. The molecule has 0 saturated carbocycles. The summed E-state index contributed by atoms with van der Waals surface area (Å²) in [7, 11) is 0. The molecule has 4 amide bonds. The first-order chi connectivity index (χ1) is 23.0. The summed E-state index contributed by atoms with van der Waals surface area (Å²) in [5, 5.41) is 21.0. The van der Waals surface area contributed by atoms with Crippen molar-refractivity contribution in [2.75, 3.05) is 0 Å². The molecule has 0 spiro atoms. The fourth-order valence-corrected chi connectivity index (χ4v) is 14.4. The van der Waals surface area contributed by atoms with Gasteiger partial charge in [-0.3, -0.25) is 29.6 Å². The molecule has 3 aromatic rings. The maximum Gasteiger partial charge on any atom is 0.259 e. The summed E-state index contributed by atoms with van der Waals surface area (Å²) < 4.78 is 15.0. The van der Waals surface area contributed by atoms with Crippen molar-refractivity contribution in [2.45, 2.75) is 50.1 Å². The Kier molecular flexibility index (Phi) is 9.65. The normalized spacial score (nSPS) is 30.8. The number of hydrogen-bond acceptors (Lipinski definition) is 8. The molecule has 3 aromatic carbocycles. The smallest absolute Gasteiger partial charge is 0.259 e. The quantitative estimate of drug-likeness (QED) is 0.234. The van der Waals surface area contributed by atoms with Crippen LogP contribution in [0.3, 0.4) is 0 Å². The fourth-order valence-electron chi connectivity index (χ4n) is 7.61. The van der Waals surface area contributed by atoms with Crippen molar-refractivity contribution in [2.24, 2.45) is 23.7 Å². The van der Waals surface area contributed by atoms with Crippen LogP contribution < -0.4 is 10.5 Å². The van der Waals surface area contributed by atoms with Gasteiger partial charge in [0.25, 0.3) is 23.6 Å². The topological polar surface area (TPSA) is 134 Å². The van der Waals surface area contributed by atoms with Crippen molar-refractivity contribution >= 4 is 89.2 Å². The van der Waals surface area contributed by atoms with E-state index in [9.17, 15) is 19.2 Å². The summed E-state index contributed by atoms with van der Waals surface area (Å²) in [6.45, 7) is 0. The summed E-state index contributed by atoms with van der Waals surface area (Å²) in [6, 6.07) is 24.5. The van der Waals surface area contributed by atoms with Crippen molar-refractivity contribution < 1.29 is 39.1 Å². The average Bonchev–Trinajstić information content (AvgIpc) is 3.95. The third-order valence-corrected chi connectivity index (χ3v) is 17.5. The van der Waals surface area contributed by atoms with Gasteiger partial charge in [0.2, 0.25) is 0 Å². The van der Waals surface area contributed by atoms with Gasteiger partial charge in [0.05, 0.1) is 48.1 Å². The number of halogens is 3. The van der Waals surface area contributed by atoms with E-state index in [2.05, 4.69) is 36.4 Å². The van der Waals surface area contributed by atoms with Crippen LogP contribution in [-0.2, 0) is 28.7 Å². The number of nitrogens with zero attached hydrogens (tertiary/aromatic N) is 2. The van der Waals surface area contributed by atoms with E-state index >= 15 is 0 Å². The van der Waals surface area contributed by atoms with E-state index in [1.165, 1.54) is 10.5 Å². The second kappa shape index (κ2) is 13.6. The van der Waals surface area contributed by atoms with Gasteiger partial charge in [-0.25, -0.2) is 0 Å². The van der Waals surface area contributed by atoms with E-state index in [1.54, 1.807) is 0 Å². The standard InChI is InChI=1S/2C8H9NO4.3C6H4Cl.Sb/c2*10-7-5-3-1-2-4(13-3)6(5)8(11)9(7)12;3*7-6-4-2-1-3-5-6;/h2*3-6,12H,1-2H2;3*2-5H;/t2*3-,4+,5?,6?;;;;. The van der Waals surface area contributed by atoms with Gasteiger partial charge in [0.1, 0.15) is 0 Å². The maximum atomic E-state index is 11.4. The van der Waals surface area contributed by atoms with Crippen molar-refractivity contribution in [1.82, 2.24) is 10.1 Å². The minimum absolute atomic E-state index is 0.136. The zero-order valence-electron chi connectivity index (χ0n) is 25.2. The number of ether oxygens (including phenoxy) is 2. The average molecular weight is 823 g/mol. The van der Waals surface area contributed by atoms with Crippen molar-refractivity contribution in [3.8, 4) is 0 Å². The third-order valence-electron chi connectivity index (χ3n) is 9.78. The SMILES string of the molecule is Clc1cc[c]([Sb]([c]2ccc(Cl)cc2)[c]2ccc(Cl)cc2)cc1.O=C1C2C(C(=O)N1O)[C@H]1CC[C@@H]2O1.O=C1C2C(C(=O)N1O)[C@H]1CC[C@@H]2O1. The summed E-state index contributed by atoms with van der Waals surface area (Å²) in [5.41, 5.74) is 0. The zero-order valence-corrected chi connectivity index (χ0v) is 30.0. The van der Waals surface area contributed by atoms with Gasteiger partial charge in [0, 0.05) is 0 Å². The summed E-state index contributed by atoms with van der Waals surface area (Å²) >= 11 is 16.0. The van der Waals surface area contributed by atoms with Crippen LogP contribution in [0.25, 0.3) is 0 Å². The van der Waals surface area contributed by atoms with Gasteiger partial charge in [-0.1, -0.05) is 0 Å². The van der Waals surface area contributed by atoms with Gasteiger partial charge in [0.15, 0.2) is 0 Å². The number of hydrogen-bond donors (Lipinski definition) is 2. The van der Waals surface area contributed by atoms with Crippen LogP contribution >= 0.6 is 34.8 Å². The molecule has 4 unspecified atom stereocenters. The Morgan fingerprint density at radius 2 is 0.708 bits per heavy atom. The van der Waals surface area contributed by atoms with Crippen molar-refractivity contribution in [3.63, 3.8) is 0 Å². The van der Waals surface area contributed by atoms with Crippen molar-refractivity contribution in [1.29, 1.82) is 0 Å². The molecular formula is C34H30Cl3N2O8Sb. The largest absolute Gasteiger partial charge is 0.373 e. The fraction of sp³-hybridized carbons (Fsp3) is 0.353. The Hall–Kier alpha value is -2.53. The van der Waals surface area contributed by atoms with E-state index in [0.29, 0.717) is 0 Å². The molecule has 9 rings (SSSR count). The molecule has 6 saturated heterocycles. The molecular weight excluding hydrogens is 792 g/mol. The Balaban J connectivity index is 0.000000120. The van der Waals surface area contributed by atoms with Crippen molar-refractivity contribution in [3.05, 3.63) is 87.9 Å². The summed E-state index contributed by atoms with van der Waals surface area (Å²) in [5.74, 6) is -3.56. The van der Waals surface area contributed by atoms with Gasteiger partial charge < -0.3 is 9.47 Å². The van der Waals surface area contributed by atoms with Crippen LogP contribution in [0.2, 0.25) is 15.1 Å². The molecule has 0 aromatic heterocycles. The Morgan fingerprint density at radius 3 is 0.938 bits per heavy atom. The molecule has 8 atom stereocenters. The molecule has 250 valence electrons. The number of imide groups is 2. The number of carbonyl (C=O) groups excluding carboxylic acids is 4. The molecule has 6 aliphatic rings. The van der Waals surface area contributed by atoms with E-state index in [0.717, 1.165) is 40.8 Å². The Labute approximate surface area is 298 Å². The third kappa shape index (κ3) is 6.09. The van der Waals surface area contributed by atoms with Crippen LogP contribution in [0.15, 0.2) is 72.8 Å². The summed E-state index contributed by atoms with van der Waals surface area (Å²) in [6.07, 6.45) is 2.79. The van der Waals surface area contributed by atoms with Gasteiger partial charge in [-0.05, 0) is 25.7 Å². The zero-order chi connectivity index (χ0) is 33.9. The van der Waals surface area contributed by atoms with Gasteiger partial charge in [-0.2, -0.15) is 10.1 Å². The molecule has 0 aliphatic carbocycles. The van der Waals surface area contributed by atoms with Gasteiger partial charge in [-0.15, -0.1) is 0 Å². The molecule has 6 aliphatic heterocycles. The van der Waals surface area contributed by atoms with E-state index < -0.39 is 67.5 Å². The molecule has 10 nitrogen and oxygen atoms in total. The van der Waals surface area contributed by atoms with Crippen LogP contribution in [0.5, 0.6) is 0 Å². The second-order valence-electron chi connectivity index (χ2n) is 12.4. The molecule has 0 radical (unpaired) electrons. The van der Waals surface area contributed by atoms with E-state index in [4.69, 9.17) is 54.7 Å². The minimum Gasteiger partial charge on any atom is -0.373 e. The number of amides is 4. The van der Waals surface area contributed by atoms with Crippen LogP contribution in [0.1, 0.15) is 25.7 Å². The first-order valence-electron chi connectivity index (χ1n) is 15.5. The van der Waals surface area contributed by atoms with E-state index in [-0.39, 0.29) is 34.5 Å². The number of carbonyl (C=O) groups is 4. The van der Waals surface area contributed by atoms with Crippen LogP contribution in [0, 0.1) is 23.7 Å². The maximum absolute atomic E-state index is 11.4. The predicted molar refractivity (Wildman–Crippen MR) is 176 cm³/mol. The predicted octanol–water partition coefficient (Wildman–Crippen LogP) is 3.24. The Bertz CT molecular complexity index is 1520. The number of hydroxylamine groups is 4. The molecule has 6 fully saturated rings. The first kappa shape index (κ1) is 33.9. The Morgan fingerprint density at radius 1 is 0.479 bits per heavy atom. The monoisotopic (exact) mass is 820 g/mol. The molecule has 48 heavy (non-hydrogen) atoms. The van der Waals surface area contributed by atoms with Gasteiger partial charge >= 0.3 is 153 Å². The second-order valence-corrected chi connectivity index (χ2v) is 20.1. The first-order valence-corrected chi connectivity index (χ1v) is 20.5. The van der Waals surface area contributed by atoms with Crippen LogP contribution in [-0.4, -0.2) is 88.8 Å². The molecule has 4 bridgehead atoms.